The molecule has 6 nitrogen and oxygen atoms in total. The molecule has 0 unspecified atom stereocenters. The Morgan fingerprint density at radius 3 is 2.13 bits per heavy atom. The number of likely N-dealkylation sites (tertiary alicyclic amines) is 1. The molecule has 0 atom stereocenters. The number of halogens is 6. The van der Waals surface area contributed by atoms with E-state index in [1.54, 1.807) is 31.2 Å². The van der Waals surface area contributed by atoms with E-state index in [4.69, 9.17) is 0 Å². The van der Waals surface area contributed by atoms with E-state index < -0.39 is 35.4 Å². The molecule has 0 bridgehead atoms. The van der Waals surface area contributed by atoms with Crippen LogP contribution in [0.5, 0.6) is 0 Å². The monoisotopic (exact) mass is 462 g/mol. The van der Waals surface area contributed by atoms with Gasteiger partial charge < -0.3 is 9.64 Å². The molecule has 1 amide bonds. The minimum absolute atomic E-state index is 0.0835. The van der Waals surface area contributed by atoms with E-state index in [1.165, 1.54) is 4.31 Å². The van der Waals surface area contributed by atoms with Gasteiger partial charge in [-0.3, -0.25) is 4.31 Å². The number of hydrogen-bond donors (Lipinski definition) is 1. The van der Waals surface area contributed by atoms with Crippen LogP contribution in [-0.2, 0) is 15.6 Å². The van der Waals surface area contributed by atoms with Gasteiger partial charge in [0.1, 0.15) is 0 Å². The van der Waals surface area contributed by atoms with Gasteiger partial charge in [-0.05, 0) is 37.3 Å². The van der Waals surface area contributed by atoms with Crippen molar-refractivity contribution in [3.63, 3.8) is 0 Å². The number of thiol groups is 1. The first-order valence-electron chi connectivity index (χ1n) is 8.87. The third-order valence-electron chi connectivity index (χ3n) is 4.71. The lowest BCUT2D eigenvalue weighted by Crippen LogP contribution is -2.49. The van der Waals surface area contributed by atoms with Crippen LogP contribution in [0.4, 0.5) is 36.8 Å². The number of hydrogen-bond acceptors (Lipinski definition) is 4. The molecular formula is C17H20F6N2O4S. The van der Waals surface area contributed by atoms with E-state index in [2.05, 4.69) is 4.74 Å². The van der Waals surface area contributed by atoms with Gasteiger partial charge in [0.2, 0.25) is 10.9 Å². The lowest BCUT2D eigenvalue weighted by atomic mass is 9.97. The Balaban J connectivity index is 1.98. The van der Waals surface area contributed by atoms with E-state index >= 15 is 0 Å². The number of nitrogens with zero attached hydrogens (tertiary/aromatic N) is 2. The Bertz CT molecular complexity index is 797. The van der Waals surface area contributed by atoms with E-state index in [9.17, 15) is 39.6 Å². The highest BCUT2D eigenvalue weighted by Gasteiger charge is 2.60. The summed E-state index contributed by atoms with van der Waals surface area (Å²) in [5, 5.41) is 0. The Hall–Kier alpha value is -2.18. The number of piperidine rings is 1. The smallest absolute Gasteiger partial charge is 0.426 e. The highest BCUT2D eigenvalue weighted by atomic mass is 32.2. The number of carbonyl (C=O) groups excluding carboxylic acids is 1. The van der Waals surface area contributed by atoms with Gasteiger partial charge >= 0.3 is 18.4 Å². The van der Waals surface area contributed by atoms with E-state index in [0.29, 0.717) is 5.69 Å². The molecule has 1 aromatic rings. The summed E-state index contributed by atoms with van der Waals surface area (Å²) in [6.07, 6.45) is -17.1. The lowest BCUT2D eigenvalue weighted by Gasteiger charge is -2.34. The van der Waals surface area contributed by atoms with Gasteiger partial charge in [0, 0.05) is 19.6 Å². The maximum atomic E-state index is 12.5. The Kier molecular flexibility index (Phi) is 7.48. The minimum atomic E-state index is -5.78. The number of amides is 1. The summed E-state index contributed by atoms with van der Waals surface area (Å²) in [7, 11) is -2.96. The molecule has 0 saturated carbocycles. The van der Waals surface area contributed by atoms with Crippen molar-refractivity contribution in [3.8, 4) is 0 Å². The standard InChI is InChI=1S/C17H20F6N2O4S/c1-11-4-2-3-5-13(11)25(30(27)28)10-12-6-8-24(9-7-12)15(26)29-14(16(18,19)20)17(21,22)23/h2-5,12,14,30H,6-10H2,1H3. The highest BCUT2D eigenvalue weighted by Crippen LogP contribution is 2.36. The first-order valence-corrected chi connectivity index (χ1v) is 10.00. The largest absolute Gasteiger partial charge is 0.434 e. The maximum Gasteiger partial charge on any atom is 0.434 e. The third kappa shape index (κ3) is 6.16. The van der Waals surface area contributed by atoms with E-state index in [0.717, 1.165) is 10.5 Å². The molecule has 13 heteroatoms. The number of para-hydroxylation sites is 1. The molecule has 0 spiro atoms. The average Bonchev–Trinajstić information content (AvgIpc) is 2.63. The fourth-order valence-electron chi connectivity index (χ4n) is 3.14. The fraction of sp³-hybridized carbons (Fsp3) is 0.588. The Morgan fingerprint density at radius 2 is 1.67 bits per heavy atom. The number of benzene rings is 1. The number of aryl methyl sites for hydroxylation is 1. The zero-order valence-corrected chi connectivity index (χ0v) is 16.6. The summed E-state index contributed by atoms with van der Waals surface area (Å²) in [5.41, 5.74) is 1.21. The summed E-state index contributed by atoms with van der Waals surface area (Å²) in [6, 6.07) is 6.78. The molecular weight excluding hydrogens is 442 g/mol. The number of ether oxygens (including phenoxy) is 1. The van der Waals surface area contributed by atoms with Crippen LogP contribution in [0.3, 0.4) is 0 Å². The highest BCUT2D eigenvalue weighted by molar-refractivity contribution is 7.74. The summed E-state index contributed by atoms with van der Waals surface area (Å²) in [5.74, 6) is -0.234. The number of rotatable bonds is 5. The molecule has 170 valence electrons. The predicted octanol–water partition coefficient (Wildman–Crippen LogP) is 3.67. The molecule has 30 heavy (non-hydrogen) atoms. The molecule has 0 aromatic heterocycles. The summed E-state index contributed by atoms with van der Waals surface area (Å²) in [4.78, 5) is 12.6. The summed E-state index contributed by atoms with van der Waals surface area (Å²) in [6.45, 7) is 1.52. The Morgan fingerprint density at radius 1 is 1.13 bits per heavy atom. The molecule has 1 heterocycles. The summed E-state index contributed by atoms with van der Waals surface area (Å²) >= 11 is 0. The quantitative estimate of drug-likeness (QED) is 0.536. The molecule has 1 fully saturated rings. The predicted molar refractivity (Wildman–Crippen MR) is 95.5 cm³/mol. The maximum absolute atomic E-state index is 12.5. The van der Waals surface area contributed by atoms with Gasteiger partial charge in [-0.15, -0.1) is 0 Å². The zero-order valence-electron chi connectivity index (χ0n) is 15.7. The van der Waals surface area contributed by atoms with Crippen LogP contribution in [0.15, 0.2) is 24.3 Å². The normalized spacial score (nSPS) is 16.2. The van der Waals surface area contributed by atoms with Crippen LogP contribution in [-0.4, -0.2) is 57.5 Å². The molecule has 1 aliphatic rings. The average molecular weight is 462 g/mol. The number of carbonyl (C=O) groups is 1. The van der Waals surface area contributed by atoms with Gasteiger partial charge in [-0.25, -0.2) is 13.2 Å². The van der Waals surface area contributed by atoms with Gasteiger partial charge in [-0.2, -0.15) is 26.3 Å². The first-order chi connectivity index (χ1) is 13.8. The Labute approximate surface area is 170 Å². The molecule has 0 N–H and O–H groups in total. The third-order valence-corrected chi connectivity index (χ3v) is 5.48. The van der Waals surface area contributed by atoms with E-state index in [1.807, 2.05) is 0 Å². The van der Waals surface area contributed by atoms with E-state index in [-0.39, 0.29) is 38.4 Å². The van der Waals surface area contributed by atoms with Gasteiger partial charge in [0.05, 0.1) is 5.69 Å². The van der Waals surface area contributed by atoms with Crippen molar-refractivity contribution in [2.24, 2.45) is 5.92 Å². The van der Waals surface area contributed by atoms with Crippen molar-refractivity contribution in [1.82, 2.24) is 4.90 Å². The second kappa shape index (κ2) is 9.31. The molecule has 1 saturated heterocycles. The van der Waals surface area contributed by atoms with Crippen molar-refractivity contribution in [3.05, 3.63) is 29.8 Å². The lowest BCUT2D eigenvalue weighted by molar-refractivity contribution is -0.308. The molecule has 2 rings (SSSR count). The van der Waals surface area contributed by atoms with Crippen LogP contribution >= 0.6 is 0 Å². The van der Waals surface area contributed by atoms with Crippen molar-refractivity contribution >= 4 is 22.7 Å². The van der Waals surface area contributed by atoms with Crippen LogP contribution in [0, 0.1) is 12.8 Å². The first kappa shape index (κ1) is 24.1. The molecule has 0 radical (unpaired) electrons. The van der Waals surface area contributed by atoms with Crippen molar-refractivity contribution in [1.29, 1.82) is 0 Å². The van der Waals surface area contributed by atoms with Crippen molar-refractivity contribution in [2.75, 3.05) is 23.9 Å². The van der Waals surface area contributed by atoms with Gasteiger partial charge in [0.25, 0.3) is 6.10 Å². The van der Waals surface area contributed by atoms with Crippen molar-refractivity contribution in [2.45, 2.75) is 38.2 Å². The van der Waals surface area contributed by atoms with Crippen LogP contribution in [0.1, 0.15) is 18.4 Å². The minimum Gasteiger partial charge on any atom is -0.426 e. The second-order valence-electron chi connectivity index (χ2n) is 6.88. The number of anilines is 1. The summed E-state index contributed by atoms with van der Waals surface area (Å²) < 4.78 is 103. The fourth-order valence-corrected chi connectivity index (χ4v) is 3.91. The molecule has 0 aliphatic carbocycles. The topological polar surface area (TPSA) is 66.9 Å². The SMILES string of the molecule is Cc1ccccc1N(CC1CCN(C(=O)OC(C(F)(F)F)C(F)(F)F)CC1)[SH](=O)=O. The van der Waals surface area contributed by atoms with Gasteiger partial charge in [0.15, 0.2) is 0 Å². The molecule has 1 aromatic carbocycles. The second-order valence-corrected chi connectivity index (χ2v) is 7.84. The zero-order chi connectivity index (χ0) is 22.7. The van der Waals surface area contributed by atoms with Crippen molar-refractivity contribution < 1.29 is 44.3 Å². The van der Waals surface area contributed by atoms with Crippen LogP contribution < -0.4 is 4.31 Å². The van der Waals surface area contributed by atoms with Gasteiger partial charge in [-0.1, -0.05) is 18.2 Å². The number of alkyl halides is 6. The molecule has 1 aliphatic heterocycles. The van der Waals surface area contributed by atoms with Crippen LogP contribution in [0.2, 0.25) is 0 Å². The van der Waals surface area contributed by atoms with Crippen LogP contribution in [0.25, 0.3) is 0 Å².